The first-order valence-corrected chi connectivity index (χ1v) is 20.6. The van der Waals surface area contributed by atoms with Crippen LogP contribution in [0.3, 0.4) is 0 Å². The van der Waals surface area contributed by atoms with Crippen LogP contribution in [0.5, 0.6) is 0 Å². The lowest BCUT2D eigenvalue weighted by molar-refractivity contribution is 0.590. The molecule has 0 spiro atoms. The monoisotopic (exact) mass is 749 g/mol. The summed E-state index contributed by atoms with van der Waals surface area (Å²) in [4.78, 5) is 9.61. The lowest BCUT2D eigenvalue weighted by atomic mass is 9.80. The minimum atomic E-state index is -0.160. The summed E-state index contributed by atoms with van der Waals surface area (Å²) in [6.45, 7) is 18.5. The fourth-order valence-corrected chi connectivity index (χ4v) is 9.87. The molecule has 11 rings (SSSR count). The molecule has 0 atom stereocenters. The molecule has 0 fully saturated rings. The van der Waals surface area contributed by atoms with Crippen LogP contribution in [0.25, 0.3) is 93.5 Å². The number of rotatable bonds is 3. The molecule has 0 saturated carbocycles. The maximum absolute atomic E-state index is 4.83. The molecule has 0 amide bonds. The molecule has 1 aliphatic carbocycles. The highest BCUT2D eigenvalue weighted by molar-refractivity contribution is 6.26. The summed E-state index contributed by atoms with van der Waals surface area (Å²) < 4.78 is 2.41. The molecule has 8 aromatic carbocycles. The predicted molar refractivity (Wildman–Crippen MR) is 246 cm³/mol. The molecule has 2 aromatic heterocycles. The molecular weight excluding hydrogens is 703 g/mol. The molecule has 3 heteroatoms. The molecule has 0 N–H and O–H groups in total. The zero-order valence-electron chi connectivity index (χ0n) is 34.6. The molecule has 0 saturated heterocycles. The molecule has 0 bridgehead atoms. The highest BCUT2D eigenvalue weighted by Gasteiger charge is 2.37. The second kappa shape index (κ2) is 11.9. The third kappa shape index (κ3) is 5.05. The Morgan fingerprint density at radius 3 is 1.71 bits per heavy atom. The number of benzene rings is 8. The maximum Gasteiger partial charge on any atom is 0.116 e. The Bertz CT molecular complexity index is 3220. The van der Waals surface area contributed by atoms with E-state index in [2.05, 4.69) is 193 Å². The van der Waals surface area contributed by atoms with Crippen LogP contribution in [0.15, 0.2) is 140 Å². The van der Waals surface area contributed by atoms with Crippen LogP contribution in [0.2, 0.25) is 0 Å². The van der Waals surface area contributed by atoms with E-state index in [0.717, 1.165) is 28.2 Å². The molecule has 3 nitrogen and oxygen atoms in total. The first kappa shape index (κ1) is 34.9. The Labute approximate surface area is 340 Å². The maximum atomic E-state index is 4.83. The van der Waals surface area contributed by atoms with E-state index >= 15 is 0 Å². The van der Waals surface area contributed by atoms with Crippen molar-refractivity contribution < 1.29 is 0 Å². The number of fused-ring (bicyclic) bond motifs is 7. The lowest BCUT2D eigenvalue weighted by Gasteiger charge is -2.23. The topological polar surface area (TPSA) is 30.7 Å². The summed E-state index contributed by atoms with van der Waals surface area (Å²) in [7, 11) is 0. The van der Waals surface area contributed by atoms with Crippen LogP contribution < -0.4 is 0 Å². The van der Waals surface area contributed by atoms with Crippen molar-refractivity contribution >= 4 is 54.1 Å². The number of nitrogens with zero attached hydrogens (tertiary/aromatic N) is 3. The summed E-state index contributed by atoms with van der Waals surface area (Å²) in [5, 5.41) is 10.6. The minimum Gasteiger partial charge on any atom is -0.309 e. The van der Waals surface area contributed by atoms with Gasteiger partial charge in [0.05, 0.1) is 22.4 Å². The molecule has 10 aromatic rings. The van der Waals surface area contributed by atoms with E-state index in [9.17, 15) is 0 Å². The zero-order valence-corrected chi connectivity index (χ0v) is 34.6. The Morgan fingerprint density at radius 2 is 1.07 bits per heavy atom. The molecular formula is C55H47N3. The second-order valence-corrected chi connectivity index (χ2v) is 19.2. The quantitative estimate of drug-likeness (QED) is 0.168. The van der Waals surface area contributed by atoms with Gasteiger partial charge in [0.1, 0.15) is 6.33 Å². The largest absolute Gasteiger partial charge is 0.309 e. The van der Waals surface area contributed by atoms with Gasteiger partial charge >= 0.3 is 0 Å². The predicted octanol–water partition coefficient (Wildman–Crippen LogP) is 14.7. The average molecular weight is 750 g/mol. The smallest absolute Gasteiger partial charge is 0.116 e. The first-order valence-electron chi connectivity index (χ1n) is 20.6. The molecule has 0 aliphatic heterocycles. The van der Waals surface area contributed by atoms with Crippen LogP contribution in [0.1, 0.15) is 77.6 Å². The Balaban J connectivity index is 0.977. The van der Waals surface area contributed by atoms with Gasteiger partial charge in [0, 0.05) is 33.0 Å². The van der Waals surface area contributed by atoms with Gasteiger partial charge in [-0.2, -0.15) is 0 Å². The fraction of sp³-hybridized carbons (Fsp3) is 0.200. The van der Waals surface area contributed by atoms with Crippen molar-refractivity contribution in [3.63, 3.8) is 0 Å². The van der Waals surface area contributed by atoms with E-state index in [-0.39, 0.29) is 16.2 Å². The van der Waals surface area contributed by atoms with E-state index in [0.29, 0.717) is 0 Å². The SMILES string of the molecule is CC(C)(C)c1ccc2c(c1)c1cc(C(C)(C)C)ccc1n2-c1ccc(-c2cc(-c3ccc4c(c3)C(C)(C)c3cc5ccc6cccc7ccc(c3-4)c5c67)ncn2)cc1. The van der Waals surface area contributed by atoms with Crippen LogP contribution in [0.4, 0.5) is 0 Å². The van der Waals surface area contributed by atoms with Gasteiger partial charge in [-0.3, -0.25) is 0 Å². The van der Waals surface area contributed by atoms with Crippen molar-refractivity contribution in [3.05, 3.63) is 162 Å². The van der Waals surface area contributed by atoms with E-state index in [1.807, 2.05) is 0 Å². The van der Waals surface area contributed by atoms with Gasteiger partial charge < -0.3 is 4.57 Å². The average Bonchev–Trinajstić information content (AvgIpc) is 3.66. The van der Waals surface area contributed by atoms with Gasteiger partial charge in [-0.25, -0.2) is 9.97 Å². The Kier molecular flexibility index (Phi) is 7.14. The minimum absolute atomic E-state index is 0.0617. The lowest BCUT2D eigenvalue weighted by Crippen LogP contribution is -2.15. The Morgan fingerprint density at radius 1 is 0.483 bits per heavy atom. The van der Waals surface area contributed by atoms with Crippen molar-refractivity contribution in [1.82, 2.24) is 14.5 Å². The van der Waals surface area contributed by atoms with Crippen LogP contribution in [-0.4, -0.2) is 14.5 Å². The van der Waals surface area contributed by atoms with Crippen molar-refractivity contribution in [2.75, 3.05) is 0 Å². The van der Waals surface area contributed by atoms with Gasteiger partial charge in [0.25, 0.3) is 0 Å². The molecule has 0 radical (unpaired) electrons. The summed E-state index contributed by atoms with van der Waals surface area (Å²) in [5.74, 6) is 0. The third-order valence-electron chi connectivity index (χ3n) is 13.2. The Hall–Kier alpha value is -6.32. The van der Waals surface area contributed by atoms with Crippen molar-refractivity contribution in [2.24, 2.45) is 0 Å². The summed E-state index contributed by atoms with van der Waals surface area (Å²) in [6, 6.07) is 50.3. The molecule has 282 valence electrons. The zero-order chi connectivity index (χ0) is 39.9. The summed E-state index contributed by atoms with van der Waals surface area (Å²) in [6.07, 6.45) is 1.71. The van der Waals surface area contributed by atoms with Crippen LogP contribution in [-0.2, 0) is 16.2 Å². The number of hydrogen-bond donors (Lipinski definition) is 0. The highest BCUT2D eigenvalue weighted by atomic mass is 15.0. The summed E-state index contributed by atoms with van der Waals surface area (Å²) in [5.41, 5.74) is 15.7. The van der Waals surface area contributed by atoms with Gasteiger partial charge in [0.15, 0.2) is 0 Å². The van der Waals surface area contributed by atoms with E-state index < -0.39 is 0 Å². The summed E-state index contributed by atoms with van der Waals surface area (Å²) >= 11 is 0. The van der Waals surface area contributed by atoms with Gasteiger partial charge in [-0.05, 0) is 131 Å². The van der Waals surface area contributed by atoms with Gasteiger partial charge in [0.2, 0.25) is 0 Å². The standard InChI is InChI=1S/C55H47N3/c1-53(2,3)37-18-24-48-42(28-37)43-29-38(54(4,5)6)19-25-49(43)58(48)39-20-14-32(15-21-39)46-30-47(57-31-56-46)35-17-22-40-44(26-35)55(7,8)45-27-36-13-12-33-10-9-11-34-16-23-41(52(40)45)51(36)50(33)34/h9-31H,1-8H3. The van der Waals surface area contributed by atoms with Crippen molar-refractivity contribution in [2.45, 2.75) is 71.6 Å². The van der Waals surface area contributed by atoms with Crippen LogP contribution >= 0.6 is 0 Å². The molecule has 58 heavy (non-hydrogen) atoms. The molecule has 2 heterocycles. The first-order chi connectivity index (χ1) is 27.8. The van der Waals surface area contributed by atoms with E-state index in [1.165, 1.54) is 87.5 Å². The van der Waals surface area contributed by atoms with Crippen LogP contribution in [0, 0.1) is 0 Å². The number of aromatic nitrogens is 3. The highest BCUT2D eigenvalue weighted by Crippen LogP contribution is 2.54. The van der Waals surface area contributed by atoms with Crippen molar-refractivity contribution in [3.8, 4) is 39.3 Å². The number of hydrogen-bond acceptors (Lipinski definition) is 2. The van der Waals surface area contributed by atoms with E-state index in [4.69, 9.17) is 9.97 Å². The molecule has 1 aliphatic rings. The fourth-order valence-electron chi connectivity index (χ4n) is 9.87. The molecule has 0 unspecified atom stereocenters. The van der Waals surface area contributed by atoms with Gasteiger partial charge in [-0.1, -0.05) is 134 Å². The van der Waals surface area contributed by atoms with Crippen molar-refractivity contribution in [1.29, 1.82) is 0 Å². The van der Waals surface area contributed by atoms with E-state index in [1.54, 1.807) is 6.33 Å². The second-order valence-electron chi connectivity index (χ2n) is 19.2. The third-order valence-corrected chi connectivity index (χ3v) is 13.2. The normalized spacial score (nSPS) is 14.0. The van der Waals surface area contributed by atoms with Gasteiger partial charge in [-0.15, -0.1) is 0 Å².